The summed E-state index contributed by atoms with van der Waals surface area (Å²) >= 11 is 0. The largest absolute Gasteiger partial charge is 0.468 e. The van der Waals surface area contributed by atoms with Crippen molar-refractivity contribution in [2.75, 3.05) is 13.7 Å². The van der Waals surface area contributed by atoms with Gasteiger partial charge >= 0.3 is 5.97 Å². The van der Waals surface area contributed by atoms with Crippen LogP contribution in [0.15, 0.2) is 54.9 Å². The quantitative estimate of drug-likeness (QED) is 0.787. The van der Waals surface area contributed by atoms with Crippen molar-refractivity contribution in [2.24, 2.45) is 0 Å². The van der Waals surface area contributed by atoms with Crippen molar-refractivity contribution in [2.45, 2.75) is 6.54 Å². The lowest BCUT2D eigenvalue weighted by Crippen LogP contribution is -2.35. The van der Waals surface area contributed by atoms with Gasteiger partial charge in [0.15, 0.2) is 0 Å². The monoisotopic (exact) mass is 284 g/mol. The Morgan fingerprint density at radius 2 is 1.90 bits per heavy atom. The summed E-state index contributed by atoms with van der Waals surface area (Å²) in [4.78, 5) is 29.4. The minimum Gasteiger partial charge on any atom is -0.468 e. The Bertz CT molecular complexity index is 599. The van der Waals surface area contributed by atoms with E-state index in [1.807, 2.05) is 30.3 Å². The van der Waals surface area contributed by atoms with Gasteiger partial charge in [-0.3, -0.25) is 14.6 Å². The predicted octanol–water partition coefficient (Wildman–Crippen LogP) is 1.90. The number of hydrogen-bond donors (Lipinski definition) is 0. The fraction of sp³-hybridized carbons (Fsp3) is 0.188. The highest BCUT2D eigenvalue weighted by Gasteiger charge is 2.19. The van der Waals surface area contributed by atoms with Crippen LogP contribution in [0.2, 0.25) is 0 Å². The molecule has 0 aliphatic carbocycles. The van der Waals surface area contributed by atoms with E-state index in [0.717, 1.165) is 5.56 Å². The second-order valence-corrected chi connectivity index (χ2v) is 4.46. The molecule has 0 aliphatic heterocycles. The molecular weight excluding hydrogens is 268 g/mol. The average molecular weight is 284 g/mol. The van der Waals surface area contributed by atoms with E-state index >= 15 is 0 Å². The van der Waals surface area contributed by atoms with Crippen LogP contribution in [0.4, 0.5) is 0 Å². The number of carbonyl (C=O) groups excluding carboxylic acids is 2. The number of pyridine rings is 1. The highest BCUT2D eigenvalue weighted by molar-refractivity contribution is 5.95. The summed E-state index contributed by atoms with van der Waals surface area (Å²) in [6, 6.07) is 12.8. The van der Waals surface area contributed by atoms with Crippen molar-refractivity contribution in [3.05, 3.63) is 66.0 Å². The summed E-state index contributed by atoms with van der Waals surface area (Å²) in [6.45, 7) is 0.239. The number of benzene rings is 1. The molecule has 0 aliphatic rings. The molecule has 108 valence electrons. The molecule has 5 heteroatoms. The zero-order valence-corrected chi connectivity index (χ0v) is 11.7. The van der Waals surface area contributed by atoms with E-state index in [1.54, 1.807) is 18.3 Å². The number of hydrogen-bond acceptors (Lipinski definition) is 4. The van der Waals surface area contributed by atoms with E-state index in [4.69, 9.17) is 0 Å². The first-order valence-corrected chi connectivity index (χ1v) is 6.50. The van der Waals surface area contributed by atoms with Crippen LogP contribution in [0.25, 0.3) is 0 Å². The maximum absolute atomic E-state index is 12.5. The van der Waals surface area contributed by atoms with Crippen LogP contribution in [-0.4, -0.2) is 35.4 Å². The first-order chi connectivity index (χ1) is 10.2. The Balaban J connectivity index is 2.19. The van der Waals surface area contributed by atoms with Crippen LogP contribution >= 0.6 is 0 Å². The maximum Gasteiger partial charge on any atom is 0.325 e. The molecule has 1 aromatic heterocycles. The summed E-state index contributed by atoms with van der Waals surface area (Å²) in [5, 5.41) is 0. The molecule has 0 fully saturated rings. The number of methoxy groups -OCH3 is 1. The fourth-order valence-electron chi connectivity index (χ4n) is 1.90. The number of esters is 1. The van der Waals surface area contributed by atoms with Crippen LogP contribution in [0, 0.1) is 0 Å². The van der Waals surface area contributed by atoms with Gasteiger partial charge in [0.05, 0.1) is 12.7 Å². The van der Waals surface area contributed by atoms with Gasteiger partial charge in [-0.25, -0.2) is 0 Å². The van der Waals surface area contributed by atoms with Gasteiger partial charge < -0.3 is 9.64 Å². The molecule has 5 nitrogen and oxygen atoms in total. The number of nitrogens with zero attached hydrogens (tertiary/aromatic N) is 2. The van der Waals surface area contributed by atoms with Crippen molar-refractivity contribution < 1.29 is 14.3 Å². The van der Waals surface area contributed by atoms with E-state index in [1.165, 1.54) is 18.2 Å². The summed E-state index contributed by atoms with van der Waals surface area (Å²) in [5.41, 5.74) is 1.39. The lowest BCUT2D eigenvalue weighted by Gasteiger charge is -2.21. The van der Waals surface area contributed by atoms with Gasteiger partial charge in [-0.05, 0) is 17.7 Å². The predicted molar refractivity (Wildman–Crippen MR) is 77.4 cm³/mol. The Morgan fingerprint density at radius 3 is 2.52 bits per heavy atom. The first kappa shape index (κ1) is 14.7. The Morgan fingerprint density at radius 1 is 1.14 bits per heavy atom. The molecule has 0 atom stereocenters. The van der Waals surface area contributed by atoms with Gasteiger partial charge in [-0.15, -0.1) is 0 Å². The van der Waals surface area contributed by atoms with Crippen LogP contribution in [-0.2, 0) is 16.1 Å². The summed E-state index contributed by atoms with van der Waals surface area (Å²) < 4.78 is 4.66. The molecule has 1 heterocycles. The van der Waals surface area contributed by atoms with E-state index in [2.05, 4.69) is 9.72 Å². The van der Waals surface area contributed by atoms with Crippen LogP contribution in [0.5, 0.6) is 0 Å². The van der Waals surface area contributed by atoms with E-state index in [0.29, 0.717) is 12.1 Å². The molecule has 0 saturated heterocycles. The average Bonchev–Trinajstić information content (AvgIpc) is 2.55. The highest BCUT2D eigenvalue weighted by Crippen LogP contribution is 2.09. The van der Waals surface area contributed by atoms with Gasteiger partial charge in [0, 0.05) is 18.9 Å². The van der Waals surface area contributed by atoms with Crippen LogP contribution < -0.4 is 0 Å². The maximum atomic E-state index is 12.5. The van der Waals surface area contributed by atoms with Crippen LogP contribution in [0.3, 0.4) is 0 Å². The highest BCUT2D eigenvalue weighted by atomic mass is 16.5. The van der Waals surface area contributed by atoms with Gasteiger partial charge in [-0.2, -0.15) is 0 Å². The van der Waals surface area contributed by atoms with Crippen molar-refractivity contribution in [1.29, 1.82) is 0 Å². The Hall–Kier alpha value is -2.69. The van der Waals surface area contributed by atoms with E-state index < -0.39 is 5.97 Å². The van der Waals surface area contributed by atoms with Crippen molar-refractivity contribution in [3.8, 4) is 0 Å². The second-order valence-electron chi connectivity index (χ2n) is 4.46. The first-order valence-electron chi connectivity index (χ1n) is 6.50. The standard InChI is InChI=1S/C16H16N2O3/c1-21-15(19)12-18(11-13-6-3-2-4-7-13)16(20)14-8-5-9-17-10-14/h2-10H,11-12H2,1H3. The molecule has 0 N–H and O–H groups in total. The third kappa shape index (κ3) is 4.14. The van der Waals surface area contributed by atoms with E-state index in [-0.39, 0.29) is 12.5 Å². The van der Waals surface area contributed by atoms with Crippen LogP contribution in [0.1, 0.15) is 15.9 Å². The van der Waals surface area contributed by atoms with Gasteiger partial charge in [0.2, 0.25) is 0 Å². The second kappa shape index (κ2) is 7.19. The molecule has 0 bridgehead atoms. The number of rotatable bonds is 5. The van der Waals surface area contributed by atoms with Crippen molar-refractivity contribution >= 4 is 11.9 Å². The topological polar surface area (TPSA) is 59.5 Å². The lowest BCUT2D eigenvalue weighted by molar-refractivity contribution is -0.141. The zero-order chi connectivity index (χ0) is 15.1. The molecular formula is C16H16N2O3. The number of amides is 1. The Labute approximate surface area is 123 Å². The fourth-order valence-corrected chi connectivity index (χ4v) is 1.90. The molecule has 0 spiro atoms. The number of carbonyl (C=O) groups is 2. The minimum absolute atomic E-state index is 0.0981. The lowest BCUT2D eigenvalue weighted by atomic mass is 10.2. The zero-order valence-electron chi connectivity index (χ0n) is 11.7. The number of ether oxygens (including phenoxy) is 1. The third-order valence-corrected chi connectivity index (χ3v) is 2.96. The molecule has 0 radical (unpaired) electrons. The SMILES string of the molecule is COC(=O)CN(Cc1ccccc1)C(=O)c1cccnc1. The minimum atomic E-state index is -0.455. The molecule has 0 unspecified atom stereocenters. The smallest absolute Gasteiger partial charge is 0.325 e. The van der Waals surface area contributed by atoms with Crippen molar-refractivity contribution in [3.63, 3.8) is 0 Å². The Kier molecular flexibility index (Phi) is 5.04. The molecule has 0 saturated carbocycles. The van der Waals surface area contributed by atoms with Gasteiger partial charge in [-0.1, -0.05) is 30.3 Å². The molecule has 1 aromatic carbocycles. The summed E-state index contributed by atoms with van der Waals surface area (Å²) in [5.74, 6) is -0.708. The van der Waals surface area contributed by atoms with Gasteiger partial charge in [0.25, 0.3) is 5.91 Å². The molecule has 2 rings (SSSR count). The molecule has 21 heavy (non-hydrogen) atoms. The summed E-state index contributed by atoms with van der Waals surface area (Å²) in [7, 11) is 1.30. The van der Waals surface area contributed by atoms with Crippen molar-refractivity contribution in [1.82, 2.24) is 9.88 Å². The number of aromatic nitrogens is 1. The van der Waals surface area contributed by atoms with Gasteiger partial charge in [0.1, 0.15) is 6.54 Å². The summed E-state index contributed by atoms with van der Waals surface area (Å²) in [6.07, 6.45) is 3.08. The molecule has 2 aromatic rings. The van der Waals surface area contributed by atoms with E-state index in [9.17, 15) is 9.59 Å². The molecule has 1 amide bonds. The normalized spacial score (nSPS) is 9.95. The third-order valence-electron chi connectivity index (χ3n) is 2.96.